The lowest BCUT2D eigenvalue weighted by Gasteiger charge is -2.10. The van der Waals surface area contributed by atoms with Crippen LogP contribution in [0.15, 0.2) is 36.4 Å². The molecule has 2 N–H and O–H groups in total. The van der Waals surface area contributed by atoms with Crippen LogP contribution in [-0.2, 0) is 15.3 Å². The highest BCUT2D eigenvalue weighted by atomic mass is 32.2. The average molecular weight is 331 g/mol. The minimum Gasteiger partial charge on any atom is -0.465 e. The maximum Gasteiger partial charge on any atom is 0.323 e. The van der Waals surface area contributed by atoms with Crippen molar-refractivity contribution in [2.24, 2.45) is 5.73 Å². The zero-order chi connectivity index (χ0) is 16.7. The van der Waals surface area contributed by atoms with Gasteiger partial charge in [-0.05, 0) is 38.1 Å². The molecule has 1 atom stereocenters. The Morgan fingerprint density at radius 2 is 1.91 bits per heavy atom. The molecule has 0 aromatic carbocycles. The Labute approximate surface area is 140 Å². The van der Waals surface area contributed by atoms with Gasteiger partial charge in [-0.1, -0.05) is 12.1 Å². The second-order valence-corrected chi connectivity index (χ2v) is 6.08. The van der Waals surface area contributed by atoms with Gasteiger partial charge < -0.3 is 10.5 Å². The van der Waals surface area contributed by atoms with Crippen LogP contribution in [0.3, 0.4) is 0 Å². The Morgan fingerprint density at radius 3 is 2.61 bits per heavy atom. The minimum atomic E-state index is -0.596. The van der Waals surface area contributed by atoms with E-state index in [1.54, 1.807) is 18.7 Å². The quantitative estimate of drug-likeness (QED) is 0.786. The van der Waals surface area contributed by atoms with Gasteiger partial charge in [0.15, 0.2) is 0 Å². The molecular formula is C17H21N3O2S. The van der Waals surface area contributed by atoms with Crippen molar-refractivity contribution in [1.82, 2.24) is 9.97 Å². The molecule has 0 spiro atoms. The number of ether oxygens (including phenoxy) is 1. The van der Waals surface area contributed by atoms with Gasteiger partial charge in [0.05, 0.1) is 23.7 Å². The Morgan fingerprint density at radius 1 is 1.22 bits per heavy atom. The Kier molecular flexibility index (Phi) is 6.55. The molecule has 2 aromatic heterocycles. The van der Waals surface area contributed by atoms with E-state index in [4.69, 9.17) is 10.5 Å². The fourth-order valence-corrected chi connectivity index (χ4v) is 2.87. The first kappa shape index (κ1) is 17.4. The molecule has 2 aromatic rings. The zero-order valence-corrected chi connectivity index (χ0v) is 14.2. The van der Waals surface area contributed by atoms with E-state index in [1.807, 2.05) is 43.3 Å². The number of nitrogens with two attached hydrogens (primary N) is 1. The summed E-state index contributed by atoms with van der Waals surface area (Å²) in [6.07, 6.45) is 0. The zero-order valence-electron chi connectivity index (χ0n) is 13.4. The van der Waals surface area contributed by atoms with E-state index in [-0.39, 0.29) is 5.97 Å². The van der Waals surface area contributed by atoms with Crippen molar-refractivity contribution < 1.29 is 9.53 Å². The largest absolute Gasteiger partial charge is 0.465 e. The first-order chi connectivity index (χ1) is 11.1. The lowest BCUT2D eigenvalue weighted by molar-refractivity contribution is -0.144. The normalized spacial score (nSPS) is 12.0. The smallest absolute Gasteiger partial charge is 0.323 e. The molecule has 0 aliphatic rings. The summed E-state index contributed by atoms with van der Waals surface area (Å²) in [5.74, 6) is 0.839. The van der Waals surface area contributed by atoms with E-state index in [1.165, 1.54) is 0 Å². The van der Waals surface area contributed by atoms with Gasteiger partial charge in [-0.25, -0.2) is 0 Å². The van der Waals surface area contributed by atoms with Crippen LogP contribution in [0, 0.1) is 6.92 Å². The molecule has 0 radical (unpaired) electrons. The summed E-state index contributed by atoms with van der Waals surface area (Å²) in [5, 5.41) is 0. The number of rotatable bonds is 7. The van der Waals surface area contributed by atoms with E-state index in [9.17, 15) is 4.79 Å². The standard InChI is InChI=1S/C17H21N3O2S/c1-3-22-17(21)14(18)11-23-10-13-7-5-9-16(20-13)15-8-4-6-12(2)19-15/h4-9,14H,3,10-11,18H2,1-2H3/t14-/m0/s1. The molecule has 0 amide bonds. The van der Waals surface area contributed by atoms with Crippen LogP contribution < -0.4 is 5.73 Å². The molecular weight excluding hydrogens is 310 g/mol. The molecule has 122 valence electrons. The summed E-state index contributed by atoms with van der Waals surface area (Å²) < 4.78 is 4.89. The van der Waals surface area contributed by atoms with Gasteiger partial charge in [0.1, 0.15) is 6.04 Å². The molecule has 0 fully saturated rings. The summed E-state index contributed by atoms with van der Waals surface area (Å²) >= 11 is 1.57. The van der Waals surface area contributed by atoms with Gasteiger partial charge in [-0.2, -0.15) is 11.8 Å². The fourth-order valence-electron chi connectivity index (χ4n) is 2.00. The molecule has 0 bridgehead atoms. The van der Waals surface area contributed by atoms with Gasteiger partial charge in [0, 0.05) is 17.2 Å². The van der Waals surface area contributed by atoms with Crippen LogP contribution in [0.1, 0.15) is 18.3 Å². The van der Waals surface area contributed by atoms with E-state index in [0.29, 0.717) is 18.1 Å². The summed E-state index contributed by atoms with van der Waals surface area (Å²) in [7, 11) is 0. The molecule has 0 saturated heterocycles. The predicted octanol–water partition coefficient (Wildman–Crippen LogP) is 2.58. The Hall–Kier alpha value is -1.92. The fraction of sp³-hybridized carbons (Fsp3) is 0.353. The predicted molar refractivity (Wildman–Crippen MR) is 93.0 cm³/mol. The summed E-state index contributed by atoms with van der Waals surface area (Å²) in [5.41, 5.74) is 9.39. The number of aromatic nitrogens is 2. The number of carbonyl (C=O) groups is 1. The van der Waals surface area contributed by atoms with Gasteiger partial charge in [0.25, 0.3) is 0 Å². The highest BCUT2D eigenvalue weighted by molar-refractivity contribution is 7.98. The Balaban J connectivity index is 1.94. The molecule has 2 rings (SSSR count). The number of carbonyl (C=O) groups excluding carboxylic acids is 1. The van der Waals surface area contributed by atoms with Crippen molar-refractivity contribution in [3.8, 4) is 11.4 Å². The lowest BCUT2D eigenvalue weighted by Crippen LogP contribution is -2.34. The van der Waals surface area contributed by atoms with Gasteiger partial charge >= 0.3 is 5.97 Å². The third kappa shape index (κ3) is 5.33. The maximum absolute atomic E-state index is 11.5. The number of nitrogens with zero attached hydrogens (tertiary/aromatic N) is 2. The van der Waals surface area contributed by atoms with E-state index in [2.05, 4.69) is 9.97 Å². The summed E-state index contributed by atoms with van der Waals surface area (Å²) in [6, 6.07) is 11.2. The number of esters is 1. The average Bonchev–Trinajstić information content (AvgIpc) is 2.55. The van der Waals surface area contributed by atoms with Crippen LogP contribution >= 0.6 is 11.8 Å². The third-order valence-corrected chi connectivity index (χ3v) is 4.19. The van der Waals surface area contributed by atoms with Crippen LogP contribution in [0.5, 0.6) is 0 Å². The first-order valence-electron chi connectivity index (χ1n) is 7.50. The monoisotopic (exact) mass is 331 g/mol. The minimum absolute atomic E-state index is 0.351. The molecule has 5 nitrogen and oxygen atoms in total. The molecule has 6 heteroatoms. The summed E-state index contributed by atoms with van der Waals surface area (Å²) in [6.45, 7) is 4.08. The highest BCUT2D eigenvalue weighted by Gasteiger charge is 2.14. The summed E-state index contributed by atoms with van der Waals surface area (Å²) in [4.78, 5) is 20.6. The topological polar surface area (TPSA) is 78.1 Å². The van der Waals surface area contributed by atoms with Crippen molar-refractivity contribution in [2.45, 2.75) is 25.6 Å². The number of thioether (sulfide) groups is 1. The number of hydrogen-bond donors (Lipinski definition) is 1. The highest BCUT2D eigenvalue weighted by Crippen LogP contribution is 2.18. The van der Waals surface area contributed by atoms with Crippen LogP contribution in [0.25, 0.3) is 11.4 Å². The Bertz CT molecular complexity index is 664. The van der Waals surface area contributed by atoms with Crippen molar-refractivity contribution in [3.05, 3.63) is 47.8 Å². The molecule has 0 aliphatic heterocycles. The van der Waals surface area contributed by atoms with Crippen molar-refractivity contribution in [3.63, 3.8) is 0 Å². The molecule has 0 unspecified atom stereocenters. The third-order valence-electron chi connectivity index (χ3n) is 3.09. The lowest BCUT2D eigenvalue weighted by atomic mass is 10.2. The van der Waals surface area contributed by atoms with E-state index in [0.717, 1.165) is 22.8 Å². The van der Waals surface area contributed by atoms with Crippen molar-refractivity contribution >= 4 is 17.7 Å². The van der Waals surface area contributed by atoms with Crippen LogP contribution in [-0.4, -0.2) is 34.3 Å². The van der Waals surface area contributed by atoms with Gasteiger partial charge in [0.2, 0.25) is 0 Å². The second kappa shape index (κ2) is 8.64. The van der Waals surface area contributed by atoms with Gasteiger partial charge in [-0.15, -0.1) is 0 Å². The maximum atomic E-state index is 11.5. The molecule has 0 saturated carbocycles. The van der Waals surface area contributed by atoms with E-state index < -0.39 is 6.04 Å². The van der Waals surface area contributed by atoms with Crippen LogP contribution in [0.4, 0.5) is 0 Å². The number of aryl methyl sites for hydroxylation is 1. The SMILES string of the molecule is CCOC(=O)[C@@H](N)CSCc1cccc(-c2cccc(C)n2)n1. The van der Waals surface area contributed by atoms with E-state index >= 15 is 0 Å². The molecule has 2 heterocycles. The van der Waals surface area contributed by atoms with Crippen LogP contribution in [0.2, 0.25) is 0 Å². The molecule has 23 heavy (non-hydrogen) atoms. The van der Waals surface area contributed by atoms with Crippen molar-refractivity contribution in [1.29, 1.82) is 0 Å². The second-order valence-electron chi connectivity index (χ2n) is 5.05. The first-order valence-corrected chi connectivity index (χ1v) is 8.65. The molecule has 0 aliphatic carbocycles. The van der Waals surface area contributed by atoms with Gasteiger partial charge in [-0.3, -0.25) is 14.8 Å². The number of hydrogen-bond acceptors (Lipinski definition) is 6. The van der Waals surface area contributed by atoms with Crippen molar-refractivity contribution in [2.75, 3.05) is 12.4 Å². The number of pyridine rings is 2.